The summed E-state index contributed by atoms with van der Waals surface area (Å²) in [6.07, 6.45) is -1.39. The van der Waals surface area contributed by atoms with Crippen LogP contribution in [0.25, 0.3) is 0 Å². The van der Waals surface area contributed by atoms with Crippen molar-refractivity contribution in [2.24, 2.45) is 5.92 Å². The highest BCUT2D eigenvalue weighted by molar-refractivity contribution is 6.91. The van der Waals surface area contributed by atoms with Crippen molar-refractivity contribution >= 4 is 54.0 Å². The van der Waals surface area contributed by atoms with Crippen molar-refractivity contribution < 1.29 is 38.5 Å². The SMILES string of the molecule is COc1ccc([Si](C)(C)[C@@H]2[C@@H](CC(=O)N(CCO)Cc3ccccc3)O[C@]3(C(=O)N(c4ccccc4)c4ccc(N5C(=O)CC5OC(C)=O)cc43)[C@H]2C)cc1. The molecule has 0 aromatic heterocycles. The molecule has 1 spiro atoms. The van der Waals surface area contributed by atoms with Gasteiger partial charge < -0.3 is 24.2 Å². The molecular formula is C43H47N3O8Si. The fourth-order valence-electron chi connectivity index (χ4n) is 8.91. The van der Waals surface area contributed by atoms with Gasteiger partial charge in [0, 0.05) is 42.9 Å². The molecule has 2 fully saturated rings. The molecule has 4 aromatic carbocycles. The molecule has 11 nitrogen and oxygen atoms in total. The van der Waals surface area contributed by atoms with E-state index in [2.05, 4.69) is 25.2 Å². The molecule has 3 amide bonds. The number of esters is 1. The molecular weight excluding hydrogens is 715 g/mol. The summed E-state index contributed by atoms with van der Waals surface area (Å²) < 4.78 is 18.2. The molecule has 1 unspecified atom stereocenters. The molecule has 7 rings (SSSR count). The van der Waals surface area contributed by atoms with Crippen LogP contribution in [0.2, 0.25) is 18.6 Å². The van der Waals surface area contributed by atoms with E-state index in [1.165, 1.54) is 11.8 Å². The third-order valence-electron chi connectivity index (χ3n) is 11.5. The maximum absolute atomic E-state index is 15.4. The number of nitrogens with zero attached hydrogens (tertiary/aromatic N) is 3. The van der Waals surface area contributed by atoms with Crippen LogP contribution in [0.4, 0.5) is 17.1 Å². The first kappa shape index (κ1) is 38.0. The van der Waals surface area contributed by atoms with Crippen LogP contribution in [0.5, 0.6) is 5.75 Å². The molecule has 0 saturated carbocycles. The van der Waals surface area contributed by atoms with Crippen LogP contribution < -0.4 is 19.7 Å². The number of anilines is 3. The Kier molecular flexibility index (Phi) is 10.4. The molecule has 286 valence electrons. The summed E-state index contributed by atoms with van der Waals surface area (Å²) >= 11 is 0. The molecule has 0 radical (unpaired) electrons. The average Bonchev–Trinajstić information content (AvgIpc) is 3.60. The van der Waals surface area contributed by atoms with E-state index in [9.17, 15) is 19.5 Å². The third-order valence-corrected chi connectivity index (χ3v) is 15.9. The molecule has 0 bridgehead atoms. The van der Waals surface area contributed by atoms with Gasteiger partial charge in [0.1, 0.15) is 5.75 Å². The van der Waals surface area contributed by atoms with Crippen molar-refractivity contribution in [1.82, 2.24) is 4.90 Å². The van der Waals surface area contributed by atoms with E-state index in [1.54, 1.807) is 23.0 Å². The van der Waals surface area contributed by atoms with Crippen LogP contribution in [0, 0.1) is 5.92 Å². The number of carbonyl (C=O) groups excluding carboxylic acids is 4. The van der Waals surface area contributed by atoms with E-state index in [0.717, 1.165) is 16.5 Å². The number of aliphatic hydroxyl groups is 1. The summed E-state index contributed by atoms with van der Waals surface area (Å²) in [5, 5.41) is 11.2. The fourth-order valence-corrected chi connectivity index (χ4v) is 12.9. The molecule has 12 heteroatoms. The summed E-state index contributed by atoms with van der Waals surface area (Å²) in [6.45, 7) is 8.11. The van der Waals surface area contributed by atoms with Crippen LogP contribution in [-0.2, 0) is 40.8 Å². The Morgan fingerprint density at radius 2 is 1.62 bits per heavy atom. The second-order valence-corrected chi connectivity index (χ2v) is 19.8. The number of rotatable bonds is 12. The van der Waals surface area contributed by atoms with Gasteiger partial charge in [-0.05, 0) is 53.6 Å². The number of aliphatic hydroxyl groups excluding tert-OH is 1. The normalized spacial score (nSPS) is 23.1. The second-order valence-electron chi connectivity index (χ2n) is 15.1. The fraction of sp³-hybridized carbons (Fsp3) is 0.349. The monoisotopic (exact) mass is 761 g/mol. The van der Waals surface area contributed by atoms with Crippen LogP contribution >= 0.6 is 0 Å². The first-order valence-electron chi connectivity index (χ1n) is 18.7. The second kappa shape index (κ2) is 15.1. The van der Waals surface area contributed by atoms with Gasteiger partial charge in [-0.15, -0.1) is 0 Å². The number of hydrogen-bond donors (Lipinski definition) is 1. The first-order valence-corrected chi connectivity index (χ1v) is 21.8. The Hall–Kier alpha value is -5.30. The van der Waals surface area contributed by atoms with E-state index in [4.69, 9.17) is 14.2 Å². The molecule has 3 heterocycles. The number of benzene rings is 4. The van der Waals surface area contributed by atoms with Crippen molar-refractivity contribution in [2.75, 3.05) is 30.1 Å². The van der Waals surface area contributed by atoms with Crippen molar-refractivity contribution in [3.8, 4) is 5.75 Å². The minimum Gasteiger partial charge on any atom is -0.497 e. The number of methoxy groups -OCH3 is 1. The van der Waals surface area contributed by atoms with Gasteiger partial charge in [-0.2, -0.15) is 0 Å². The number of hydrogen-bond acceptors (Lipinski definition) is 8. The van der Waals surface area contributed by atoms with Gasteiger partial charge in [0.15, 0.2) is 11.8 Å². The standard InChI is InChI=1S/C43H47N3O8Si/c1-28-41(55(4,5)34-19-17-33(52-3)18-20-34)37(25-38(49)44(22-23-47)27-30-12-8-6-9-13-30)54-43(28)35-24-32(46-39(50)26-40(46)53-29(2)48)16-21-36(35)45(42(43)51)31-14-10-7-11-15-31/h6-21,24,28,37,40-41,47H,22-23,25-27H2,1-5H3/t28-,37+,40?,41-,43+/m0/s1. The van der Waals surface area contributed by atoms with Gasteiger partial charge in [0.05, 0.1) is 46.4 Å². The lowest BCUT2D eigenvalue weighted by Gasteiger charge is -2.39. The number of β-lactam (4-membered cyclic amide) rings is 1. The van der Waals surface area contributed by atoms with Gasteiger partial charge in [0.2, 0.25) is 11.8 Å². The van der Waals surface area contributed by atoms with Crippen molar-refractivity contribution in [1.29, 1.82) is 0 Å². The van der Waals surface area contributed by atoms with Crippen molar-refractivity contribution in [2.45, 2.75) is 69.8 Å². The molecule has 2 saturated heterocycles. The summed E-state index contributed by atoms with van der Waals surface area (Å²) in [7, 11) is -0.987. The molecule has 4 aromatic rings. The summed E-state index contributed by atoms with van der Waals surface area (Å²) in [5.41, 5.74) is 1.51. The third kappa shape index (κ3) is 6.72. The van der Waals surface area contributed by atoms with Gasteiger partial charge in [-0.25, -0.2) is 0 Å². The predicted octanol–water partition coefficient (Wildman–Crippen LogP) is 5.63. The van der Waals surface area contributed by atoms with Crippen molar-refractivity contribution in [3.05, 3.63) is 114 Å². The Bertz CT molecular complexity index is 2080. The van der Waals surface area contributed by atoms with Crippen LogP contribution in [0.1, 0.15) is 37.8 Å². The van der Waals surface area contributed by atoms with Gasteiger partial charge >= 0.3 is 5.97 Å². The molecule has 55 heavy (non-hydrogen) atoms. The van der Waals surface area contributed by atoms with Crippen LogP contribution in [-0.4, -0.2) is 74.4 Å². The molecule has 3 aliphatic heterocycles. The average molecular weight is 762 g/mol. The molecule has 1 N–H and O–H groups in total. The zero-order valence-corrected chi connectivity index (χ0v) is 32.8. The van der Waals surface area contributed by atoms with Crippen LogP contribution in [0.3, 0.4) is 0 Å². The predicted molar refractivity (Wildman–Crippen MR) is 211 cm³/mol. The largest absolute Gasteiger partial charge is 0.497 e. The number of ether oxygens (including phenoxy) is 3. The highest BCUT2D eigenvalue weighted by atomic mass is 28.3. The Labute approximate surface area is 322 Å². The molecule has 0 aliphatic carbocycles. The minimum atomic E-state index is -2.61. The van der Waals surface area contributed by atoms with E-state index in [-0.39, 0.29) is 49.3 Å². The van der Waals surface area contributed by atoms with Gasteiger partial charge in [0.25, 0.3) is 5.91 Å². The van der Waals surface area contributed by atoms with Crippen LogP contribution in [0.15, 0.2) is 103 Å². The lowest BCUT2D eigenvalue weighted by Crippen LogP contribution is -2.55. The van der Waals surface area contributed by atoms with E-state index in [0.29, 0.717) is 29.2 Å². The van der Waals surface area contributed by atoms with E-state index in [1.807, 2.05) is 91.9 Å². The van der Waals surface area contributed by atoms with Crippen molar-refractivity contribution in [3.63, 3.8) is 0 Å². The Morgan fingerprint density at radius 3 is 2.24 bits per heavy atom. The number of para-hydroxylation sites is 1. The zero-order valence-electron chi connectivity index (χ0n) is 31.8. The summed E-state index contributed by atoms with van der Waals surface area (Å²) in [5.74, 6) is -0.872. The smallest absolute Gasteiger partial charge is 0.304 e. The quantitative estimate of drug-likeness (QED) is 0.112. The summed E-state index contributed by atoms with van der Waals surface area (Å²) in [6, 6.07) is 32.4. The maximum atomic E-state index is 15.4. The lowest BCUT2D eigenvalue weighted by atomic mass is 9.82. The highest BCUT2D eigenvalue weighted by Crippen LogP contribution is 2.61. The Balaban J connectivity index is 1.36. The van der Waals surface area contributed by atoms with Gasteiger partial charge in [-0.1, -0.05) is 85.9 Å². The van der Waals surface area contributed by atoms with E-state index < -0.39 is 37.9 Å². The maximum Gasteiger partial charge on any atom is 0.304 e. The van der Waals surface area contributed by atoms with E-state index >= 15 is 4.79 Å². The number of carbonyl (C=O) groups is 4. The lowest BCUT2D eigenvalue weighted by molar-refractivity contribution is -0.154. The number of amides is 3. The molecule has 5 atom stereocenters. The first-order chi connectivity index (χ1) is 26.4. The number of fused-ring (bicyclic) bond motifs is 2. The summed E-state index contributed by atoms with van der Waals surface area (Å²) in [4.78, 5) is 59.5. The molecule has 3 aliphatic rings. The minimum absolute atomic E-state index is 0.0110. The van der Waals surface area contributed by atoms with Gasteiger partial charge in [-0.3, -0.25) is 29.0 Å². The zero-order chi connectivity index (χ0) is 39.1. The Morgan fingerprint density at radius 1 is 0.945 bits per heavy atom. The topological polar surface area (TPSA) is 126 Å². The highest BCUT2D eigenvalue weighted by Gasteiger charge is 2.67.